The lowest BCUT2D eigenvalue weighted by atomic mass is 10.2. The van der Waals surface area contributed by atoms with E-state index in [2.05, 4.69) is 15.2 Å². The molecule has 1 aromatic heterocycles. The second kappa shape index (κ2) is 5.88. The molecule has 1 aliphatic rings. The Morgan fingerprint density at radius 1 is 1.33 bits per heavy atom. The number of hydrogen-bond acceptors (Lipinski definition) is 6. The zero-order chi connectivity index (χ0) is 15.6. The molecule has 1 aliphatic heterocycles. The van der Waals surface area contributed by atoms with Crippen LogP contribution in [0.25, 0.3) is 0 Å². The van der Waals surface area contributed by atoms with Gasteiger partial charge in [0.05, 0.1) is 6.04 Å². The molecule has 0 spiro atoms. The van der Waals surface area contributed by atoms with Crippen molar-refractivity contribution < 1.29 is 9.53 Å². The average Bonchev–Trinajstić information content (AvgIpc) is 2.86. The second-order valence-electron chi connectivity index (χ2n) is 6.26. The summed E-state index contributed by atoms with van der Waals surface area (Å²) in [6.07, 6.45) is -0.270. The molecule has 8 nitrogen and oxygen atoms in total. The van der Waals surface area contributed by atoms with Gasteiger partial charge in [-0.3, -0.25) is 5.10 Å². The van der Waals surface area contributed by atoms with E-state index in [0.717, 1.165) is 0 Å². The van der Waals surface area contributed by atoms with Crippen molar-refractivity contribution in [1.82, 2.24) is 20.1 Å². The Balaban J connectivity index is 1.89. The fraction of sp³-hybridized carbons (Fsp3) is 0.769. The standard InChI is InChI=1S/C13H24N6O2/c1-9(14)10-15-11(17-16-10)18-5-7-19(8-6-18)12(20)21-13(2,3)4/h9H,5-8,14H2,1-4H3,(H,15,16,17)/t9-/m0/s1. The summed E-state index contributed by atoms with van der Waals surface area (Å²) in [5.41, 5.74) is 5.29. The van der Waals surface area contributed by atoms with Gasteiger partial charge >= 0.3 is 6.09 Å². The molecule has 1 atom stereocenters. The van der Waals surface area contributed by atoms with Crippen molar-refractivity contribution in [2.75, 3.05) is 31.1 Å². The number of piperazine rings is 1. The SMILES string of the molecule is C[C@H](N)c1nc(N2CCN(C(=O)OC(C)(C)C)CC2)n[nH]1. The Bertz CT molecular complexity index is 485. The molecule has 0 aliphatic carbocycles. The molecule has 1 fully saturated rings. The maximum absolute atomic E-state index is 12.0. The van der Waals surface area contributed by atoms with Gasteiger partial charge in [0, 0.05) is 26.2 Å². The van der Waals surface area contributed by atoms with E-state index in [0.29, 0.717) is 38.0 Å². The van der Waals surface area contributed by atoms with Gasteiger partial charge in [-0.1, -0.05) is 0 Å². The molecule has 0 aromatic carbocycles. The molecule has 1 amide bonds. The first-order chi connectivity index (χ1) is 9.76. The van der Waals surface area contributed by atoms with Gasteiger partial charge in [-0.25, -0.2) is 4.79 Å². The van der Waals surface area contributed by atoms with Crippen molar-refractivity contribution in [2.24, 2.45) is 5.73 Å². The number of carbonyl (C=O) groups is 1. The van der Waals surface area contributed by atoms with E-state index >= 15 is 0 Å². The van der Waals surface area contributed by atoms with Gasteiger partial charge in [-0.2, -0.15) is 4.98 Å². The largest absolute Gasteiger partial charge is 0.444 e. The van der Waals surface area contributed by atoms with Crippen LogP contribution in [0.3, 0.4) is 0 Å². The topological polar surface area (TPSA) is 100 Å². The highest BCUT2D eigenvalue weighted by molar-refractivity contribution is 5.68. The zero-order valence-corrected chi connectivity index (χ0v) is 13.1. The fourth-order valence-corrected chi connectivity index (χ4v) is 2.03. The van der Waals surface area contributed by atoms with Crippen LogP contribution in [-0.2, 0) is 4.74 Å². The van der Waals surface area contributed by atoms with Crippen molar-refractivity contribution >= 4 is 12.0 Å². The van der Waals surface area contributed by atoms with Crippen molar-refractivity contribution in [3.8, 4) is 0 Å². The second-order valence-corrected chi connectivity index (χ2v) is 6.26. The van der Waals surface area contributed by atoms with E-state index in [4.69, 9.17) is 10.5 Å². The normalized spacial score (nSPS) is 17.8. The average molecular weight is 296 g/mol. The molecule has 3 N–H and O–H groups in total. The number of amides is 1. The summed E-state index contributed by atoms with van der Waals surface area (Å²) in [4.78, 5) is 20.1. The molecule has 2 heterocycles. The molecule has 1 saturated heterocycles. The number of nitrogens with zero attached hydrogens (tertiary/aromatic N) is 4. The van der Waals surface area contributed by atoms with Crippen molar-refractivity contribution in [2.45, 2.75) is 39.3 Å². The first-order valence-corrected chi connectivity index (χ1v) is 7.17. The summed E-state index contributed by atoms with van der Waals surface area (Å²) in [5, 5.41) is 7.00. The highest BCUT2D eigenvalue weighted by Crippen LogP contribution is 2.15. The van der Waals surface area contributed by atoms with Gasteiger partial charge in [0.1, 0.15) is 11.4 Å². The van der Waals surface area contributed by atoms with Crippen molar-refractivity contribution in [1.29, 1.82) is 0 Å². The number of ether oxygens (including phenoxy) is 1. The van der Waals surface area contributed by atoms with Gasteiger partial charge in [0.2, 0.25) is 5.95 Å². The summed E-state index contributed by atoms with van der Waals surface area (Å²) in [6, 6.07) is -0.172. The smallest absolute Gasteiger partial charge is 0.410 e. The van der Waals surface area contributed by atoms with Crippen LogP contribution >= 0.6 is 0 Å². The molecule has 21 heavy (non-hydrogen) atoms. The Hall–Kier alpha value is -1.83. The van der Waals surface area contributed by atoms with Crippen LogP contribution in [0.15, 0.2) is 0 Å². The Labute approximate surface area is 124 Å². The molecule has 0 unspecified atom stereocenters. The number of nitrogens with one attached hydrogen (secondary N) is 1. The minimum Gasteiger partial charge on any atom is -0.444 e. The molecular weight excluding hydrogens is 272 g/mol. The van der Waals surface area contributed by atoms with Crippen LogP contribution in [0.2, 0.25) is 0 Å². The summed E-state index contributed by atoms with van der Waals surface area (Å²) in [6.45, 7) is 9.99. The van der Waals surface area contributed by atoms with Crippen LogP contribution in [0.1, 0.15) is 39.6 Å². The van der Waals surface area contributed by atoms with Crippen LogP contribution < -0.4 is 10.6 Å². The van der Waals surface area contributed by atoms with Crippen LogP contribution in [0, 0.1) is 0 Å². The summed E-state index contributed by atoms with van der Waals surface area (Å²) < 4.78 is 5.37. The number of nitrogens with two attached hydrogens (primary N) is 1. The van der Waals surface area contributed by atoms with E-state index in [1.807, 2.05) is 32.6 Å². The lowest BCUT2D eigenvalue weighted by molar-refractivity contribution is 0.0240. The maximum Gasteiger partial charge on any atom is 0.410 e. The third kappa shape index (κ3) is 4.07. The van der Waals surface area contributed by atoms with E-state index in [-0.39, 0.29) is 12.1 Å². The van der Waals surface area contributed by atoms with E-state index < -0.39 is 5.60 Å². The highest BCUT2D eigenvalue weighted by atomic mass is 16.6. The van der Waals surface area contributed by atoms with Crippen LogP contribution in [0.5, 0.6) is 0 Å². The molecular formula is C13H24N6O2. The molecule has 0 radical (unpaired) electrons. The number of rotatable bonds is 2. The van der Waals surface area contributed by atoms with E-state index in [1.165, 1.54) is 0 Å². The molecule has 118 valence electrons. The quantitative estimate of drug-likeness (QED) is 0.840. The maximum atomic E-state index is 12.0. The number of aromatic nitrogens is 3. The van der Waals surface area contributed by atoms with Crippen molar-refractivity contribution in [3.63, 3.8) is 0 Å². The summed E-state index contributed by atoms with van der Waals surface area (Å²) in [7, 11) is 0. The summed E-state index contributed by atoms with van der Waals surface area (Å²) >= 11 is 0. The third-order valence-corrected chi connectivity index (χ3v) is 3.14. The first-order valence-electron chi connectivity index (χ1n) is 7.17. The van der Waals surface area contributed by atoms with Gasteiger partial charge < -0.3 is 20.3 Å². The van der Waals surface area contributed by atoms with Gasteiger partial charge in [-0.15, -0.1) is 5.10 Å². The third-order valence-electron chi connectivity index (χ3n) is 3.14. The molecule has 0 saturated carbocycles. The van der Waals surface area contributed by atoms with Gasteiger partial charge in [-0.05, 0) is 27.7 Å². The minimum absolute atomic E-state index is 0.172. The molecule has 8 heteroatoms. The first kappa shape index (κ1) is 15.6. The summed E-state index contributed by atoms with van der Waals surface area (Å²) in [5.74, 6) is 1.30. The predicted molar refractivity (Wildman–Crippen MR) is 79.0 cm³/mol. The predicted octanol–water partition coefficient (Wildman–Crippen LogP) is 0.882. The molecule has 2 rings (SSSR count). The van der Waals surface area contributed by atoms with Crippen molar-refractivity contribution in [3.05, 3.63) is 5.82 Å². The Morgan fingerprint density at radius 3 is 2.43 bits per heavy atom. The number of aromatic amines is 1. The lowest BCUT2D eigenvalue weighted by Gasteiger charge is -2.35. The number of hydrogen-bond donors (Lipinski definition) is 2. The van der Waals surface area contributed by atoms with E-state index in [9.17, 15) is 4.79 Å². The zero-order valence-electron chi connectivity index (χ0n) is 13.1. The van der Waals surface area contributed by atoms with Gasteiger partial charge in [0.25, 0.3) is 0 Å². The molecule has 1 aromatic rings. The Kier molecular flexibility index (Phi) is 4.36. The van der Waals surface area contributed by atoms with Crippen LogP contribution in [0.4, 0.5) is 10.7 Å². The highest BCUT2D eigenvalue weighted by Gasteiger charge is 2.27. The number of anilines is 1. The molecule has 0 bridgehead atoms. The fourth-order valence-electron chi connectivity index (χ4n) is 2.03. The number of carbonyl (C=O) groups excluding carboxylic acids is 1. The Morgan fingerprint density at radius 2 is 1.95 bits per heavy atom. The number of H-pyrrole nitrogens is 1. The lowest BCUT2D eigenvalue weighted by Crippen LogP contribution is -2.50. The monoisotopic (exact) mass is 296 g/mol. The minimum atomic E-state index is -0.468. The van der Waals surface area contributed by atoms with Crippen LogP contribution in [-0.4, -0.2) is 58.0 Å². The van der Waals surface area contributed by atoms with Gasteiger partial charge in [0.15, 0.2) is 0 Å². The van der Waals surface area contributed by atoms with E-state index in [1.54, 1.807) is 4.90 Å².